The third kappa shape index (κ3) is 3.05. The third-order valence-corrected chi connectivity index (χ3v) is 4.79. The van der Waals surface area contributed by atoms with Crippen molar-refractivity contribution in [3.05, 3.63) is 49.7 Å². The van der Waals surface area contributed by atoms with Crippen LogP contribution in [0.5, 0.6) is 0 Å². The molecule has 0 aromatic carbocycles. The molecular weight excluding hydrogens is 354 g/mol. The largest absolute Gasteiger partial charge is 0.332 e. The number of hydrogen-bond donors (Lipinski definition) is 1. The van der Waals surface area contributed by atoms with Crippen LogP contribution in [0.25, 0.3) is 11.0 Å². The molecule has 8 nitrogen and oxygen atoms in total. The third-order valence-electron chi connectivity index (χ3n) is 4.03. The van der Waals surface area contributed by atoms with Crippen molar-refractivity contribution >= 4 is 33.4 Å². The fraction of sp³-hybridized carbons (Fsp3) is 0.353. The Kier molecular flexibility index (Phi) is 4.27. The maximum Gasteiger partial charge on any atom is 0.332 e. The predicted molar refractivity (Wildman–Crippen MR) is 101 cm³/mol. The van der Waals surface area contributed by atoms with Crippen molar-refractivity contribution in [3.63, 3.8) is 0 Å². The van der Waals surface area contributed by atoms with E-state index in [1.807, 2.05) is 26.2 Å². The Balaban J connectivity index is 1.98. The number of carbonyl (C=O) groups is 1. The van der Waals surface area contributed by atoms with E-state index in [1.54, 1.807) is 0 Å². The van der Waals surface area contributed by atoms with Crippen molar-refractivity contribution in [1.82, 2.24) is 19.1 Å². The molecule has 0 fully saturated rings. The van der Waals surface area contributed by atoms with Crippen LogP contribution in [-0.4, -0.2) is 25.0 Å². The first kappa shape index (κ1) is 18.0. The van der Waals surface area contributed by atoms with Crippen LogP contribution >= 0.6 is 11.3 Å². The first-order chi connectivity index (χ1) is 12.1. The Morgan fingerprint density at radius 1 is 1.12 bits per heavy atom. The molecule has 0 aliphatic heterocycles. The fourth-order valence-electron chi connectivity index (χ4n) is 2.42. The zero-order chi connectivity index (χ0) is 19.2. The Hall–Kier alpha value is -2.81. The molecule has 0 radical (unpaired) electrons. The average Bonchev–Trinajstić information content (AvgIpc) is 3.06. The van der Waals surface area contributed by atoms with Gasteiger partial charge in [-0.25, -0.2) is 14.8 Å². The number of hydrogen-bond acceptors (Lipinski definition) is 6. The van der Waals surface area contributed by atoms with Crippen molar-refractivity contribution in [2.24, 2.45) is 14.1 Å². The summed E-state index contributed by atoms with van der Waals surface area (Å²) in [7, 11) is 2.91. The fourth-order valence-corrected chi connectivity index (χ4v) is 3.35. The number of carbonyl (C=O) groups excluding carboxylic acids is 1. The van der Waals surface area contributed by atoms with E-state index in [4.69, 9.17) is 0 Å². The van der Waals surface area contributed by atoms with Gasteiger partial charge in [0, 0.05) is 24.9 Å². The van der Waals surface area contributed by atoms with E-state index in [9.17, 15) is 14.4 Å². The number of pyridine rings is 1. The van der Waals surface area contributed by atoms with Gasteiger partial charge < -0.3 is 0 Å². The SMILES string of the molecule is Cn1c(=O)c2ccc(C(=O)Nc3nc(C(C)(C)C)cs3)nc2n(C)c1=O. The number of anilines is 1. The van der Waals surface area contributed by atoms with E-state index >= 15 is 0 Å². The standard InChI is InChI=1S/C17H19N5O3S/c1-17(2,3)11-8-26-15(19-11)20-13(23)10-7-6-9-12(18-10)21(4)16(25)22(5)14(9)24/h6-8H,1-5H3,(H,19,20,23). The molecular formula is C17H19N5O3S. The Morgan fingerprint density at radius 3 is 2.42 bits per heavy atom. The number of thiazole rings is 1. The smallest absolute Gasteiger partial charge is 0.296 e. The minimum Gasteiger partial charge on any atom is -0.296 e. The lowest BCUT2D eigenvalue weighted by molar-refractivity contribution is 0.102. The maximum absolute atomic E-state index is 12.5. The normalized spacial score (nSPS) is 11.7. The van der Waals surface area contributed by atoms with Gasteiger partial charge in [0.15, 0.2) is 5.13 Å². The van der Waals surface area contributed by atoms with Crippen LogP contribution in [0.15, 0.2) is 27.1 Å². The number of rotatable bonds is 2. The van der Waals surface area contributed by atoms with Gasteiger partial charge in [0.05, 0.1) is 11.1 Å². The van der Waals surface area contributed by atoms with Gasteiger partial charge in [-0.1, -0.05) is 20.8 Å². The topological polar surface area (TPSA) is 98.9 Å². The molecule has 136 valence electrons. The Bertz CT molecular complexity index is 1130. The predicted octanol–water partition coefficient (Wildman–Crippen LogP) is 1.64. The van der Waals surface area contributed by atoms with Crippen molar-refractivity contribution in [2.75, 3.05) is 5.32 Å². The highest BCUT2D eigenvalue weighted by Gasteiger charge is 2.19. The number of aromatic nitrogens is 4. The molecule has 3 aromatic rings. The molecule has 0 atom stereocenters. The van der Waals surface area contributed by atoms with Gasteiger partial charge in [-0.05, 0) is 12.1 Å². The highest BCUT2D eigenvalue weighted by atomic mass is 32.1. The van der Waals surface area contributed by atoms with Gasteiger partial charge in [0.1, 0.15) is 11.3 Å². The number of aryl methyl sites for hydroxylation is 1. The number of nitrogens with one attached hydrogen (secondary N) is 1. The first-order valence-corrected chi connectivity index (χ1v) is 8.81. The highest BCUT2D eigenvalue weighted by Crippen LogP contribution is 2.26. The molecule has 3 heterocycles. The van der Waals surface area contributed by atoms with Crippen LogP contribution in [0.4, 0.5) is 5.13 Å². The van der Waals surface area contributed by atoms with Crippen molar-refractivity contribution < 1.29 is 4.79 Å². The van der Waals surface area contributed by atoms with E-state index in [1.165, 1.54) is 42.1 Å². The van der Waals surface area contributed by atoms with Gasteiger partial charge in [-0.2, -0.15) is 0 Å². The molecule has 3 aromatic heterocycles. The minimum atomic E-state index is -0.498. The first-order valence-electron chi connectivity index (χ1n) is 7.93. The molecule has 0 bridgehead atoms. The number of nitrogens with zero attached hydrogens (tertiary/aromatic N) is 4. The van der Waals surface area contributed by atoms with Crippen molar-refractivity contribution in [1.29, 1.82) is 0 Å². The molecule has 0 aliphatic rings. The molecule has 3 rings (SSSR count). The second-order valence-corrected chi connectivity index (χ2v) is 7.87. The summed E-state index contributed by atoms with van der Waals surface area (Å²) in [5.41, 5.74) is 0.0993. The van der Waals surface area contributed by atoms with Crippen LogP contribution in [0.2, 0.25) is 0 Å². The summed E-state index contributed by atoms with van der Waals surface area (Å²) >= 11 is 1.33. The van der Waals surface area contributed by atoms with E-state index in [2.05, 4.69) is 15.3 Å². The molecule has 0 aliphatic carbocycles. The lowest BCUT2D eigenvalue weighted by Crippen LogP contribution is -2.37. The zero-order valence-electron chi connectivity index (χ0n) is 15.2. The monoisotopic (exact) mass is 373 g/mol. The van der Waals surface area contributed by atoms with Crippen molar-refractivity contribution in [2.45, 2.75) is 26.2 Å². The number of amides is 1. The number of fused-ring (bicyclic) bond motifs is 1. The second-order valence-electron chi connectivity index (χ2n) is 7.02. The summed E-state index contributed by atoms with van der Waals surface area (Å²) in [4.78, 5) is 45.3. The van der Waals surface area contributed by atoms with Crippen molar-refractivity contribution in [3.8, 4) is 0 Å². The van der Waals surface area contributed by atoms with Crippen LogP contribution in [-0.2, 0) is 19.5 Å². The van der Waals surface area contributed by atoms with E-state index < -0.39 is 17.2 Å². The minimum absolute atomic E-state index is 0.105. The van der Waals surface area contributed by atoms with Gasteiger partial charge in [0.25, 0.3) is 11.5 Å². The summed E-state index contributed by atoms with van der Waals surface area (Å²) < 4.78 is 2.25. The zero-order valence-corrected chi connectivity index (χ0v) is 16.0. The lowest BCUT2D eigenvalue weighted by Gasteiger charge is -2.14. The Morgan fingerprint density at radius 2 is 1.81 bits per heavy atom. The molecule has 0 unspecified atom stereocenters. The van der Waals surface area contributed by atoms with E-state index in [0.29, 0.717) is 5.13 Å². The average molecular weight is 373 g/mol. The van der Waals surface area contributed by atoms with Crippen LogP contribution in [0.3, 0.4) is 0 Å². The molecule has 1 amide bonds. The second kappa shape index (κ2) is 6.17. The van der Waals surface area contributed by atoms with Gasteiger partial charge in [0.2, 0.25) is 0 Å². The molecule has 0 saturated heterocycles. The van der Waals surface area contributed by atoms with Crippen LogP contribution in [0, 0.1) is 0 Å². The van der Waals surface area contributed by atoms with Gasteiger partial charge >= 0.3 is 5.69 Å². The van der Waals surface area contributed by atoms with Gasteiger partial charge in [-0.15, -0.1) is 11.3 Å². The van der Waals surface area contributed by atoms with Crippen LogP contribution < -0.4 is 16.6 Å². The molecule has 0 saturated carbocycles. The maximum atomic E-state index is 12.5. The molecule has 9 heteroatoms. The summed E-state index contributed by atoms with van der Waals surface area (Å²) in [6.07, 6.45) is 0. The van der Waals surface area contributed by atoms with Gasteiger partial charge in [-0.3, -0.25) is 24.0 Å². The molecule has 1 N–H and O–H groups in total. The molecule has 0 spiro atoms. The summed E-state index contributed by atoms with van der Waals surface area (Å²) in [5, 5.41) is 5.36. The summed E-state index contributed by atoms with van der Waals surface area (Å²) in [6.45, 7) is 6.12. The lowest BCUT2D eigenvalue weighted by atomic mass is 9.93. The quantitative estimate of drug-likeness (QED) is 0.736. The Labute approximate surface area is 153 Å². The summed E-state index contributed by atoms with van der Waals surface area (Å²) in [6, 6.07) is 2.96. The van der Waals surface area contributed by atoms with E-state index in [-0.39, 0.29) is 22.1 Å². The van der Waals surface area contributed by atoms with Crippen LogP contribution in [0.1, 0.15) is 37.0 Å². The van der Waals surface area contributed by atoms with E-state index in [0.717, 1.165) is 10.3 Å². The molecule has 26 heavy (non-hydrogen) atoms. The summed E-state index contributed by atoms with van der Waals surface area (Å²) in [5.74, 6) is -0.449. The highest BCUT2D eigenvalue weighted by molar-refractivity contribution is 7.14.